The molecule has 0 unspecified atom stereocenters. The van der Waals surface area contributed by atoms with E-state index in [0.29, 0.717) is 11.8 Å². The van der Waals surface area contributed by atoms with E-state index in [1.54, 1.807) is 12.3 Å². The summed E-state index contributed by atoms with van der Waals surface area (Å²) in [5, 5.41) is 2.74. The van der Waals surface area contributed by atoms with Crippen LogP contribution in [0.25, 0.3) is 79.2 Å². The van der Waals surface area contributed by atoms with Crippen LogP contribution in [0.3, 0.4) is 0 Å². The molecule has 0 bridgehead atoms. The van der Waals surface area contributed by atoms with Crippen LogP contribution in [-0.2, 0) is 20.1 Å². The van der Waals surface area contributed by atoms with Gasteiger partial charge < -0.3 is 4.98 Å². The van der Waals surface area contributed by atoms with Crippen LogP contribution in [0, 0.1) is 17.9 Å². The van der Waals surface area contributed by atoms with Gasteiger partial charge in [-0.25, -0.2) is 0 Å². The fourth-order valence-electron chi connectivity index (χ4n) is 7.83. The molecule has 0 saturated heterocycles. The van der Waals surface area contributed by atoms with Gasteiger partial charge in [0.15, 0.2) is 0 Å². The summed E-state index contributed by atoms with van der Waals surface area (Å²) in [6.45, 7) is 9.28. The smallest absolute Gasteiger partial charge is 0.0379 e. The number of aromatic nitrogens is 3. The van der Waals surface area contributed by atoms with Gasteiger partial charge in [-0.2, -0.15) is 0 Å². The summed E-state index contributed by atoms with van der Waals surface area (Å²) in [6.07, 6.45) is 1.70. The van der Waals surface area contributed by atoms with E-state index in [4.69, 9.17) is 4.98 Å². The number of fused-ring (bicyclic) bond motifs is 4. The summed E-state index contributed by atoms with van der Waals surface area (Å²) >= 11 is -0.564. The minimum Gasteiger partial charge on any atom is -0.305 e. The molecule has 3 nitrogen and oxygen atoms in total. The number of hydrogen-bond acceptors (Lipinski definition) is 2. The summed E-state index contributed by atoms with van der Waals surface area (Å²) in [5.41, 5.74) is 13.8. The standard InChI is InChI=1S/C43H35N2Te.C11H7FN.Ir/c1-27(2)36-25-32(31-23-21-30(22-24-31)29-13-6-5-7-14-29)26-37(28(3)4)41(36)45-39-19-10-9-18-38(39)44-43(45)35-17-12-16-34-33-15-8-11-20-40(33)46-42(34)35;12-10-6-4-9(5-7-10)11-3-1-2-8-13-11;/h5-16,18-28H,1-4H3;1-4,6-8H;/q2*-1;. The van der Waals surface area contributed by atoms with Crippen molar-refractivity contribution in [1.82, 2.24) is 14.5 Å². The van der Waals surface area contributed by atoms with Crippen molar-refractivity contribution < 1.29 is 24.5 Å². The molecule has 10 aromatic rings. The number of hydrogen-bond donors (Lipinski definition) is 0. The average molecular weight is 1070 g/mol. The Morgan fingerprint density at radius 1 is 0.617 bits per heavy atom. The molecular weight excluding hydrogens is 1030 g/mol. The molecule has 0 fully saturated rings. The molecule has 3 heterocycles. The summed E-state index contributed by atoms with van der Waals surface area (Å²) in [6, 6.07) is 62.9. The second-order valence-electron chi connectivity index (χ2n) is 15.3. The predicted molar refractivity (Wildman–Crippen MR) is 245 cm³/mol. The minimum atomic E-state index is -0.564. The zero-order valence-corrected chi connectivity index (χ0v) is 38.5. The molecule has 3 aromatic heterocycles. The van der Waals surface area contributed by atoms with Gasteiger partial charge in [-0.15, -0.1) is 29.8 Å². The molecule has 297 valence electrons. The van der Waals surface area contributed by atoms with E-state index < -0.39 is 20.4 Å². The molecule has 0 amide bonds. The Bertz CT molecular complexity index is 3010. The number of imidazole rings is 1. The SMILES string of the molecule is CC(C)c1cc(-c2ccc(-c3ccccc3)cc2)cc(C(C)C)c1-n1c(-c2[c-]ccc3c2[te]c2ccccc23)nc2ccccc21.Fc1c[c-]c(-c2ccccn2)cc1.[Ir]. The number of para-hydroxylation sites is 2. The molecule has 0 atom stereocenters. The van der Waals surface area contributed by atoms with E-state index in [-0.39, 0.29) is 25.9 Å². The second kappa shape index (κ2) is 18.0. The Hall–Kier alpha value is -5.47. The van der Waals surface area contributed by atoms with E-state index in [1.165, 1.54) is 68.8 Å². The maximum Gasteiger partial charge on any atom is 0.0379 e. The monoisotopic (exact) mass is 1070 g/mol. The first-order valence-electron chi connectivity index (χ1n) is 20.1. The van der Waals surface area contributed by atoms with Crippen molar-refractivity contribution in [1.29, 1.82) is 0 Å². The molecule has 0 saturated carbocycles. The van der Waals surface area contributed by atoms with Gasteiger partial charge in [-0.3, -0.25) is 4.39 Å². The van der Waals surface area contributed by atoms with Gasteiger partial charge in [0.2, 0.25) is 0 Å². The van der Waals surface area contributed by atoms with Gasteiger partial charge in [0.05, 0.1) is 0 Å². The zero-order valence-electron chi connectivity index (χ0n) is 33.8. The first-order valence-corrected chi connectivity index (χ1v) is 22.4. The maximum absolute atomic E-state index is 12.6. The summed E-state index contributed by atoms with van der Waals surface area (Å²) < 4.78 is 18.0. The third-order valence-corrected chi connectivity index (χ3v) is 14.2. The van der Waals surface area contributed by atoms with Crippen LogP contribution in [0.1, 0.15) is 50.7 Å². The van der Waals surface area contributed by atoms with Crippen LogP contribution in [-0.4, -0.2) is 35.0 Å². The molecule has 0 spiro atoms. The van der Waals surface area contributed by atoms with Gasteiger partial charge in [0.25, 0.3) is 0 Å². The van der Waals surface area contributed by atoms with Gasteiger partial charge in [-0.05, 0) is 17.3 Å². The zero-order chi connectivity index (χ0) is 40.5. The van der Waals surface area contributed by atoms with Crippen molar-refractivity contribution in [3.05, 3.63) is 199 Å². The Labute approximate surface area is 374 Å². The fraction of sp³-hybridized carbons (Fsp3) is 0.111. The molecule has 1 radical (unpaired) electrons. The van der Waals surface area contributed by atoms with E-state index in [0.717, 1.165) is 33.7 Å². The second-order valence-corrected chi connectivity index (χ2v) is 18.3. The Balaban J connectivity index is 0.000000304. The fourth-order valence-corrected chi connectivity index (χ4v) is 11.2. The number of pyridine rings is 1. The van der Waals surface area contributed by atoms with E-state index >= 15 is 0 Å². The van der Waals surface area contributed by atoms with Gasteiger partial charge >= 0.3 is 246 Å². The number of nitrogens with zero attached hydrogens (tertiary/aromatic N) is 3. The number of rotatable bonds is 7. The summed E-state index contributed by atoms with van der Waals surface area (Å²) in [7, 11) is 0. The van der Waals surface area contributed by atoms with Crippen molar-refractivity contribution in [3.8, 4) is 50.6 Å². The molecule has 0 aliphatic carbocycles. The Kier molecular flexibility index (Phi) is 12.4. The van der Waals surface area contributed by atoms with Crippen LogP contribution in [0.15, 0.2) is 170 Å². The van der Waals surface area contributed by atoms with Crippen LogP contribution in [0.4, 0.5) is 4.39 Å². The van der Waals surface area contributed by atoms with Gasteiger partial charge in [0, 0.05) is 32.1 Å². The quantitative estimate of drug-likeness (QED) is 0.118. The third-order valence-electron chi connectivity index (χ3n) is 10.8. The first-order chi connectivity index (χ1) is 28.8. The molecule has 7 aromatic carbocycles. The van der Waals surface area contributed by atoms with Crippen LogP contribution >= 0.6 is 0 Å². The topological polar surface area (TPSA) is 30.7 Å². The number of benzene rings is 7. The Morgan fingerprint density at radius 3 is 1.95 bits per heavy atom. The van der Waals surface area contributed by atoms with Crippen molar-refractivity contribution >= 4 is 49.0 Å². The average Bonchev–Trinajstić information content (AvgIpc) is 3.86. The van der Waals surface area contributed by atoms with Gasteiger partial charge in [0.1, 0.15) is 0 Å². The van der Waals surface area contributed by atoms with Crippen LogP contribution in [0.5, 0.6) is 0 Å². The molecule has 0 aliphatic heterocycles. The predicted octanol–water partition coefficient (Wildman–Crippen LogP) is 14.1. The summed E-state index contributed by atoms with van der Waals surface area (Å²) in [5.74, 6) is 1.35. The van der Waals surface area contributed by atoms with E-state index in [9.17, 15) is 4.39 Å². The van der Waals surface area contributed by atoms with E-state index in [1.807, 2.05) is 18.2 Å². The Morgan fingerprint density at radius 2 is 1.27 bits per heavy atom. The molecule has 0 N–H and O–H groups in total. The van der Waals surface area contributed by atoms with Crippen LogP contribution < -0.4 is 0 Å². The van der Waals surface area contributed by atoms with Crippen molar-refractivity contribution in [2.24, 2.45) is 0 Å². The summed E-state index contributed by atoms with van der Waals surface area (Å²) in [4.78, 5) is 9.50. The third kappa shape index (κ3) is 8.19. The largest absolute Gasteiger partial charge is 0.305 e. The first kappa shape index (κ1) is 41.3. The van der Waals surface area contributed by atoms with E-state index in [2.05, 4.69) is 177 Å². The molecule has 10 rings (SSSR count). The number of halogens is 1. The normalized spacial score (nSPS) is 11.2. The maximum atomic E-state index is 12.6. The van der Waals surface area contributed by atoms with Gasteiger partial charge in [-0.1, -0.05) is 42.5 Å². The molecular formula is C54H42FIrN3Te-2. The van der Waals surface area contributed by atoms with Crippen molar-refractivity contribution in [3.63, 3.8) is 0 Å². The van der Waals surface area contributed by atoms with Crippen molar-refractivity contribution in [2.45, 2.75) is 39.5 Å². The van der Waals surface area contributed by atoms with Crippen molar-refractivity contribution in [2.75, 3.05) is 0 Å². The molecule has 6 heteroatoms. The molecule has 0 aliphatic rings. The molecule has 60 heavy (non-hydrogen) atoms. The minimum absolute atomic E-state index is 0. The van der Waals surface area contributed by atoms with Crippen LogP contribution in [0.2, 0.25) is 0 Å².